The van der Waals surface area contributed by atoms with Crippen molar-refractivity contribution < 1.29 is 9.47 Å². The summed E-state index contributed by atoms with van der Waals surface area (Å²) in [4.78, 5) is 14.4. The van der Waals surface area contributed by atoms with Crippen LogP contribution in [0.5, 0.6) is 11.5 Å². The maximum atomic E-state index is 12.1. The van der Waals surface area contributed by atoms with E-state index in [1.165, 1.54) is 14.2 Å². The van der Waals surface area contributed by atoms with Crippen LogP contribution < -0.4 is 20.8 Å². The molecule has 7 heteroatoms. The number of nitrogens with two attached hydrogens (primary N) is 1. The summed E-state index contributed by atoms with van der Waals surface area (Å²) in [5.41, 5.74) is 6.29. The first-order valence-electron chi connectivity index (χ1n) is 7.24. The highest BCUT2D eigenvalue weighted by molar-refractivity contribution is 5.82. The second-order valence-electron chi connectivity index (χ2n) is 5.08. The third-order valence-electron chi connectivity index (χ3n) is 3.68. The van der Waals surface area contributed by atoms with Crippen LogP contribution in [-0.4, -0.2) is 19.2 Å². The summed E-state index contributed by atoms with van der Waals surface area (Å²) in [5, 5.41) is 18.8. The Balaban J connectivity index is 2.95. The third-order valence-corrected chi connectivity index (χ3v) is 3.68. The van der Waals surface area contributed by atoms with Gasteiger partial charge in [0.2, 0.25) is 0 Å². The molecule has 0 unspecified atom stereocenters. The zero-order valence-corrected chi connectivity index (χ0v) is 13.8. The van der Waals surface area contributed by atoms with Crippen molar-refractivity contribution in [2.24, 2.45) is 0 Å². The van der Waals surface area contributed by atoms with Crippen molar-refractivity contribution in [1.29, 1.82) is 10.5 Å². The summed E-state index contributed by atoms with van der Waals surface area (Å²) in [6.45, 7) is 3.71. The first-order valence-corrected chi connectivity index (χ1v) is 7.24. The van der Waals surface area contributed by atoms with Gasteiger partial charge in [-0.3, -0.25) is 4.79 Å². The van der Waals surface area contributed by atoms with Crippen LogP contribution in [0.2, 0.25) is 0 Å². The van der Waals surface area contributed by atoms with Crippen molar-refractivity contribution in [2.45, 2.75) is 6.42 Å². The minimum atomic E-state index is -0.658. The molecule has 0 aliphatic carbocycles. The van der Waals surface area contributed by atoms with Crippen LogP contribution in [-0.2, 0) is 6.42 Å². The van der Waals surface area contributed by atoms with Gasteiger partial charge < -0.3 is 20.2 Å². The molecule has 0 bridgehead atoms. The second-order valence-corrected chi connectivity index (χ2v) is 5.08. The van der Waals surface area contributed by atoms with Crippen LogP contribution in [0.25, 0.3) is 11.1 Å². The van der Waals surface area contributed by atoms with Crippen LogP contribution in [0.15, 0.2) is 29.6 Å². The van der Waals surface area contributed by atoms with E-state index in [0.717, 1.165) is 5.56 Å². The number of nitrogens with zero attached hydrogens (tertiary/aromatic N) is 2. The normalized spacial score (nSPS) is 9.76. The van der Waals surface area contributed by atoms with Gasteiger partial charge in [0, 0.05) is 11.1 Å². The molecule has 0 saturated heterocycles. The first-order chi connectivity index (χ1) is 12.0. The number of H-pyrrole nitrogens is 1. The molecule has 126 valence electrons. The number of allylic oxidation sites excluding steroid dienone is 1. The van der Waals surface area contributed by atoms with Crippen molar-refractivity contribution in [1.82, 2.24) is 4.98 Å². The van der Waals surface area contributed by atoms with E-state index in [1.54, 1.807) is 18.2 Å². The lowest BCUT2D eigenvalue weighted by molar-refractivity contribution is 0.352. The summed E-state index contributed by atoms with van der Waals surface area (Å²) < 4.78 is 10.7. The zero-order valence-electron chi connectivity index (χ0n) is 13.8. The van der Waals surface area contributed by atoms with E-state index in [-0.39, 0.29) is 22.5 Å². The fourth-order valence-corrected chi connectivity index (χ4v) is 2.63. The van der Waals surface area contributed by atoms with Gasteiger partial charge in [0.15, 0.2) is 11.5 Å². The number of pyridine rings is 1. The molecule has 0 aliphatic heterocycles. The number of nitrogen functional groups attached to an aromatic ring is 1. The molecule has 2 rings (SSSR count). The Kier molecular flexibility index (Phi) is 5.11. The molecule has 3 N–H and O–H groups in total. The zero-order chi connectivity index (χ0) is 18.6. The largest absolute Gasteiger partial charge is 0.493 e. The quantitative estimate of drug-likeness (QED) is 0.806. The van der Waals surface area contributed by atoms with Gasteiger partial charge in [-0.15, -0.1) is 6.58 Å². The van der Waals surface area contributed by atoms with Gasteiger partial charge in [0.05, 0.1) is 14.2 Å². The van der Waals surface area contributed by atoms with Crippen LogP contribution in [0.1, 0.15) is 16.7 Å². The lowest BCUT2D eigenvalue weighted by Crippen LogP contribution is -2.16. The smallest absolute Gasteiger partial charge is 0.268 e. The molecule has 25 heavy (non-hydrogen) atoms. The average molecular weight is 336 g/mol. The molecule has 0 spiro atoms. The van der Waals surface area contributed by atoms with Gasteiger partial charge in [0.1, 0.15) is 29.1 Å². The van der Waals surface area contributed by atoms with Crippen LogP contribution in [0, 0.1) is 22.7 Å². The number of ether oxygens (including phenoxy) is 2. The Bertz CT molecular complexity index is 978. The molecular weight excluding hydrogens is 320 g/mol. The van der Waals surface area contributed by atoms with Gasteiger partial charge in [-0.2, -0.15) is 10.5 Å². The van der Waals surface area contributed by atoms with Gasteiger partial charge >= 0.3 is 0 Å². The standard InChI is InChI=1S/C18H16N4O3/c1-4-5-10-6-11(7-14(24-2)16(10)25-3)15-12(8-19)17(21)22-18(23)13(15)9-20/h4,6-7H,1,5H2,2-3H3,(H3,21,22,23). The van der Waals surface area contributed by atoms with Crippen molar-refractivity contribution in [3.05, 3.63) is 51.8 Å². The Morgan fingerprint density at radius 1 is 1.24 bits per heavy atom. The summed E-state index contributed by atoms with van der Waals surface area (Å²) in [7, 11) is 2.98. The minimum Gasteiger partial charge on any atom is -0.493 e. The van der Waals surface area contributed by atoms with Gasteiger partial charge in [-0.25, -0.2) is 0 Å². The molecule has 0 amide bonds. The van der Waals surface area contributed by atoms with Crippen LogP contribution >= 0.6 is 0 Å². The molecule has 0 fully saturated rings. The Labute approximate surface area is 144 Å². The topological polar surface area (TPSA) is 125 Å². The molecular formula is C18H16N4O3. The minimum absolute atomic E-state index is 0.0212. The van der Waals surface area contributed by atoms with Crippen LogP contribution in [0.4, 0.5) is 5.82 Å². The number of methoxy groups -OCH3 is 2. The molecule has 0 atom stereocenters. The second kappa shape index (κ2) is 7.24. The highest BCUT2D eigenvalue weighted by Gasteiger charge is 2.21. The number of rotatable bonds is 5. The van der Waals surface area contributed by atoms with Gasteiger partial charge in [-0.1, -0.05) is 6.08 Å². The number of nitriles is 2. The number of benzene rings is 1. The highest BCUT2D eigenvalue weighted by Crippen LogP contribution is 2.38. The molecule has 1 heterocycles. The van der Waals surface area contributed by atoms with Crippen molar-refractivity contribution in [3.8, 4) is 34.8 Å². The number of hydrogen-bond donors (Lipinski definition) is 2. The maximum absolute atomic E-state index is 12.1. The molecule has 0 aliphatic rings. The van der Waals surface area contributed by atoms with E-state index in [1.807, 2.05) is 12.1 Å². The van der Waals surface area contributed by atoms with E-state index < -0.39 is 5.56 Å². The number of aromatic amines is 1. The fraction of sp³-hybridized carbons (Fsp3) is 0.167. The Morgan fingerprint density at radius 3 is 2.44 bits per heavy atom. The molecule has 7 nitrogen and oxygen atoms in total. The summed E-state index contributed by atoms with van der Waals surface area (Å²) in [5.74, 6) is 0.825. The molecule has 0 radical (unpaired) electrons. The number of nitrogens with one attached hydrogen (secondary N) is 1. The Hall–Kier alpha value is -3.71. The van der Waals surface area contributed by atoms with Crippen molar-refractivity contribution in [2.75, 3.05) is 20.0 Å². The lowest BCUT2D eigenvalue weighted by Gasteiger charge is -2.16. The maximum Gasteiger partial charge on any atom is 0.268 e. The number of aromatic nitrogens is 1. The molecule has 0 saturated carbocycles. The van der Waals surface area contributed by atoms with E-state index in [9.17, 15) is 15.3 Å². The third kappa shape index (κ3) is 3.04. The van der Waals surface area contributed by atoms with E-state index in [2.05, 4.69) is 11.6 Å². The number of anilines is 1. The SMILES string of the molecule is C=CCc1cc(-c2c(C#N)c(N)[nH]c(=O)c2C#N)cc(OC)c1OC. The van der Waals surface area contributed by atoms with E-state index in [4.69, 9.17) is 15.2 Å². The number of hydrogen-bond acceptors (Lipinski definition) is 6. The average Bonchev–Trinajstić information content (AvgIpc) is 2.60. The lowest BCUT2D eigenvalue weighted by atomic mass is 9.94. The molecule has 1 aromatic carbocycles. The van der Waals surface area contributed by atoms with Gasteiger partial charge in [0.25, 0.3) is 5.56 Å². The predicted octanol–water partition coefficient (Wildman–Crippen LogP) is 2.11. The summed E-state index contributed by atoms with van der Waals surface area (Å²) >= 11 is 0. The monoisotopic (exact) mass is 336 g/mol. The van der Waals surface area contributed by atoms with Crippen molar-refractivity contribution in [3.63, 3.8) is 0 Å². The van der Waals surface area contributed by atoms with E-state index >= 15 is 0 Å². The van der Waals surface area contributed by atoms with Crippen molar-refractivity contribution >= 4 is 5.82 Å². The molecule has 2 aromatic rings. The fourth-order valence-electron chi connectivity index (χ4n) is 2.63. The van der Waals surface area contributed by atoms with E-state index in [0.29, 0.717) is 23.5 Å². The first kappa shape index (κ1) is 17.6. The Morgan fingerprint density at radius 2 is 1.92 bits per heavy atom. The molecule has 1 aromatic heterocycles. The van der Waals surface area contributed by atoms with Gasteiger partial charge in [-0.05, 0) is 24.1 Å². The summed E-state index contributed by atoms with van der Waals surface area (Å²) in [6, 6.07) is 7.10. The summed E-state index contributed by atoms with van der Waals surface area (Å²) in [6.07, 6.45) is 2.15. The predicted molar refractivity (Wildman–Crippen MR) is 93.3 cm³/mol. The highest BCUT2D eigenvalue weighted by atomic mass is 16.5. The van der Waals surface area contributed by atoms with Crippen LogP contribution in [0.3, 0.4) is 0 Å².